The van der Waals surface area contributed by atoms with E-state index < -0.39 is 42.0 Å². The van der Waals surface area contributed by atoms with Crippen molar-refractivity contribution in [2.24, 2.45) is 11.8 Å². The molecule has 0 heterocycles. The van der Waals surface area contributed by atoms with Gasteiger partial charge in [0.1, 0.15) is 30.5 Å². The van der Waals surface area contributed by atoms with Crippen LogP contribution in [0.1, 0.15) is 51.7 Å². The molecule has 0 aliphatic rings. The first-order valence-electron chi connectivity index (χ1n) is 13.0. The molecule has 2 rings (SSSR count). The van der Waals surface area contributed by atoms with E-state index in [1.54, 1.807) is 12.1 Å². The molecule has 2 aromatic rings. The molecule has 0 aliphatic carbocycles. The maximum absolute atomic E-state index is 13.2. The summed E-state index contributed by atoms with van der Waals surface area (Å²) in [5.74, 6) is -2.33. The number of carboxylic acids is 1. The van der Waals surface area contributed by atoms with Crippen molar-refractivity contribution in [3.8, 4) is 5.75 Å². The van der Waals surface area contributed by atoms with Gasteiger partial charge in [-0.25, -0.2) is 9.59 Å². The lowest BCUT2D eigenvalue weighted by Crippen LogP contribution is -2.56. The van der Waals surface area contributed by atoms with Crippen LogP contribution < -0.4 is 16.0 Å². The first kappa shape index (κ1) is 31.1. The maximum Gasteiger partial charge on any atom is 0.408 e. The number of carbonyl (C=O) groups is 4. The maximum atomic E-state index is 13.2. The molecule has 0 aliphatic heterocycles. The van der Waals surface area contributed by atoms with E-state index in [0.29, 0.717) is 12.0 Å². The Morgan fingerprint density at radius 3 is 1.74 bits per heavy atom. The third kappa shape index (κ3) is 11.5. The van der Waals surface area contributed by atoms with Crippen molar-refractivity contribution in [2.75, 3.05) is 0 Å². The number of hydrogen-bond donors (Lipinski definition) is 5. The van der Waals surface area contributed by atoms with E-state index in [2.05, 4.69) is 16.0 Å². The molecule has 0 saturated heterocycles. The molecular formula is C29H39N3O7. The topological polar surface area (TPSA) is 154 Å². The third-order valence-electron chi connectivity index (χ3n) is 5.86. The lowest BCUT2D eigenvalue weighted by Gasteiger charge is -2.26. The van der Waals surface area contributed by atoms with Crippen molar-refractivity contribution in [2.45, 2.75) is 71.7 Å². The highest BCUT2D eigenvalue weighted by molar-refractivity contribution is 5.93. The van der Waals surface area contributed by atoms with Crippen LogP contribution in [0, 0.1) is 11.8 Å². The Morgan fingerprint density at radius 2 is 1.23 bits per heavy atom. The molecule has 0 radical (unpaired) electrons. The number of nitrogens with one attached hydrogen (secondary N) is 3. The molecule has 10 heteroatoms. The summed E-state index contributed by atoms with van der Waals surface area (Å²) in [7, 11) is 0. The van der Waals surface area contributed by atoms with Crippen LogP contribution in [-0.4, -0.2) is 52.2 Å². The summed E-state index contributed by atoms with van der Waals surface area (Å²) in [6.45, 7) is 7.59. The molecule has 39 heavy (non-hydrogen) atoms. The number of aliphatic carboxylic acids is 1. The van der Waals surface area contributed by atoms with Crippen LogP contribution in [0.25, 0.3) is 0 Å². The molecule has 5 N–H and O–H groups in total. The number of hydrogen-bond acceptors (Lipinski definition) is 6. The standard InChI is InChI=1S/C29H39N3O7/c1-18(2)14-23(26(34)31-25(28(36)37)16-20-10-12-22(33)13-11-20)30-27(35)24(15-19(3)4)32-29(38)39-17-21-8-6-5-7-9-21/h5-13,18-19,23-25,33H,14-17H2,1-4H3,(H,30,35)(H,31,34)(H,32,38)(H,36,37)/t23-,24-,25-/m0/s1. The van der Waals surface area contributed by atoms with Crippen molar-refractivity contribution in [3.63, 3.8) is 0 Å². The fraction of sp³-hybridized carbons (Fsp3) is 0.448. The van der Waals surface area contributed by atoms with E-state index >= 15 is 0 Å². The summed E-state index contributed by atoms with van der Waals surface area (Å²) in [4.78, 5) is 50.7. The molecule has 212 valence electrons. The lowest BCUT2D eigenvalue weighted by atomic mass is 9.99. The summed E-state index contributed by atoms with van der Waals surface area (Å²) < 4.78 is 5.26. The van der Waals surface area contributed by atoms with Crippen molar-refractivity contribution in [1.29, 1.82) is 0 Å². The van der Waals surface area contributed by atoms with Gasteiger partial charge in [-0.3, -0.25) is 9.59 Å². The van der Waals surface area contributed by atoms with E-state index in [-0.39, 0.29) is 37.0 Å². The Morgan fingerprint density at radius 1 is 0.718 bits per heavy atom. The number of amides is 3. The second kappa shape index (κ2) is 15.4. The highest BCUT2D eigenvalue weighted by Crippen LogP contribution is 2.13. The third-order valence-corrected chi connectivity index (χ3v) is 5.86. The van der Waals surface area contributed by atoms with Gasteiger partial charge < -0.3 is 30.9 Å². The molecule has 3 atom stereocenters. The van der Waals surface area contributed by atoms with Gasteiger partial charge in [-0.15, -0.1) is 0 Å². The average Bonchev–Trinajstić information content (AvgIpc) is 2.87. The molecule has 10 nitrogen and oxygen atoms in total. The first-order chi connectivity index (χ1) is 18.4. The van der Waals surface area contributed by atoms with Gasteiger partial charge in [0, 0.05) is 6.42 Å². The van der Waals surface area contributed by atoms with E-state index in [1.807, 2.05) is 58.0 Å². The van der Waals surface area contributed by atoms with E-state index in [0.717, 1.165) is 5.56 Å². The van der Waals surface area contributed by atoms with Crippen LogP contribution in [0.15, 0.2) is 54.6 Å². The minimum Gasteiger partial charge on any atom is -0.508 e. The molecule has 0 aromatic heterocycles. The minimum atomic E-state index is -1.24. The van der Waals surface area contributed by atoms with Gasteiger partial charge in [-0.2, -0.15) is 0 Å². The van der Waals surface area contributed by atoms with Crippen molar-refractivity contribution in [1.82, 2.24) is 16.0 Å². The summed E-state index contributed by atoms with van der Waals surface area (Å²) in [6, 6.07) is 11.9. The largest absolute Gasteiger partial charge is 0.508 e. The average molecular weight is 542 g/mol. The minimum absolute atomic E-state index is 0.00547. The highest BCUT2D eigenvalue weighted by Gasteiger charge is 2.30. The quantitative estimate of drug-likeness (QED) is 0.246. The normalized spacial score (nSPS) is 13.3. The zero-order valence-corrected chi connectivity index (χ0v) is 22.8. The van der Waals surface area contributed by atoms with Crippen molar-refractivity contribution < 1.29 is 34.1 Å². The van der Waals surface area contributed by atoms with Crippen molar-refractivity contribution in [3.05, 3.63) is 65.7 Å². The number of alkyl carbamates (subject to hydrolysis) is 1. The Labute approximate surface area is 229 Å². The van der Waals surface area contributed by atoms with Crippen LogP contribution in [0.4, 0.5) is 4.79 Å². The molecule has 0 unspecified atom stereocenters. The van der Waals surface area contributed by atoms with Gasteiger partial charge in [0.25, 0.3) is 0 Å². The number of phenols is 1. The number of carbonyl (C=O) groups excluding carboxylic acids is 3. The van der Waals surface area contributed by atoms with E-state index in [9.17, 15) is 29.4 Å². The van der Waals surface area contributed by atoms with Gasteiger partial charge in [0.15, 0.2) is 0 Å². The fourth-order valence-electron chi connectivity index (χ4n) is 3.93. The lowest BCUT2D eigenvalue weighted by molar-refractivity contribution is -0.142. The number of carboxylic acid groups (broad SMARTS) is 1. The monoisotopic (exact) mass is 541 g/mol. The molecule has 0 bridgehead atoms. The predicted molar refractivity (Wildman–Crippen MR) is 146 cm³/mol. The van der Waals surface area contributed by atoms with E-state index in [1.165, 1.54) is 12.1 Å². The summed E-state index contributed by atoms with van der Waals surface area (Å²) >= 11 is 0. The smallest absolute Gasteiger partial charge is 0.408 e. The number of phenolic OH excluding ortho intramolecular Hbond substituents is 1. The SMILES string of the molecule is CC(C)C[C@H](NC(=O)OCc1ccccc1)C(=O)N[C@@H](CC(C)C)C(=O)N[C@@H](Cc1ccc(O)cc1)C(=O)O. The van der Waals surface area contributed by atoms with Gasteiger partial charge in [0.2, 0.25) is 11.8 Å². The Hall–Kier alpha value is -4.08. The first-order valence-corrected chi connectivity index (χ1v) is 13.0. The second-order valence-electron chi connectivity index (χ2n) is 10.3. The summed E-state index contributed by atoms with van der Waals surface area (Å²) in [6.07, 6.45) is -0.199. The number of ether oxygens (including phenoxy) is 1. The molecule has 3 amide bonds. The zero-order chi connectivity index (χ0) is 28.9. The number of benzene rings is 2. The Kier molecular flexibility index (Phi) is 12.3. The summed E-state index contributed by atoms with van der Waals surface area (Å²) in [5, 5.41) is 27.0. The Balaban J connectivity index is 2.08. The van der Waals surface area contributed by atoms with Gasteiger partial charge in [-0.1, -0.05) is 70.2 Å². The summed E-state index contributed by atoms with van der Waals surface area (Å²) in [5.41, 5.74) is 1.41. The van der Waals surface area contributed by atoms with Crippen LogP contribution >= 0.6 is 0 Å². The predicted octanol–water partition coefficient (Wildman–Crippen LogP) is 3.38. The molecule has 0 spiro atoms. The second-order valence-corrected chi connectivity index (χ2v) is 10.3. The van der Waals surface area contributed by atoms with Gasteiger partial charge in [-0.05, 0) is 47.9 Å². The van der Waals surface area contributed by atoms with Crippen molar-refractivity contribution >= 4 is 23.9 Å². The highest BCUT2D eigenvalue weighted by atomic mass is 16.5. The van der Waals surface area contributed by atoms with Gasteiger partial charge >= 0.3 is 12.1 Å². The van der Waals surface area contributed by atoms with Crippen LogP contribution in [0.3, 0.4) is 0 Å². The zero-order valence-electron chi connectivity index (χ0n) is 22.8. The van der Waals surface area contributed by atoms with Crippen LogP contribution in [-0.2, 0) is 32.1 Å². The molecule has 0 fully saturated rings. The van der Waals surface area contributed by atoms with Gasteiger partial charge in [0.05, 0.1) is 0 Å². The van der Waals surface area contributed by atoms with E-state index in [4.69, 9.17) is 4.74 Å². The molecule has 2 aromatic carbocycles. The number of aromatic hydroxyl groups is 1. The molecule has 0 saturated carbocycles. The molecular weight excluding hydrogens is 502 g/mol. The van der Waals surface area contributed by atoms with Crippen LogP contribution in [0.5, 0.6) is 5.75 Å². The Bertz CT molecular complexity index is 1090. The number of rotatable bonds is 14. The fourth-order valence-corrected chi connectivity index (χ4v) is 3.93. The van der Waals surface area contributed by atoms with Crippen LogP contribution in [0.2, 0.25) is 0 Å².